The van der Waals surface area contributed by atoms with Crippen LogP contribution < -0.4 is 14.8 Å². The van der Waals surface area contributed by atoms with Crippen LogP contribution in [0, 0.1) is 12.7 Å². The molecule has 2 heterocycles. The van der Waals surface area contributed by atoms with Crippen molar-refractivity contribution in [3.63, 3.8) is 0 Å². The van der Waals surface area contributed by atoms with Crippen LogP contribution in [0.4, 0.5) is 19.0 Å². The average Bonchev–Trinajstić information content (AvgIpc) is 3.31. The lowest BCUT2D eigenvalue weighted by Gasteiger charge is -2.20. The van der Waals surface area contributed by atoms with Crippen molar-refractivity contribution in [1.82, 2.24) is 9.97 Å². The van der Waals surface area contributed by atoms with E-state index in [0.717, 1.165) is 12.5 Å². The maximum absolute atomic E-state index is 14.7. The number of aliphatic hydroxyl groups excluding tert-OH is 1. The van der Waals surface area contributed by atoms with Crippen molar-refractivity contribution < 1.29 is 32.5 Å². The molecule has 34 heavy (non-hydrogen) atoms. The molecule has 1 aliphatic heterocycles. The highest BCUT2D eigenvalue weighted by atomic mass is 19.3. The fourth-order valence-electron chi connectivity index (χ4n) is 3.86. The van der Waals surface area contributed by atoms with E-state index in [1.54, 1.807) is 26.0 Å². The van der Waals surface area contributed by atoms with Gasteiger partial charge in [-0.1, -0.05) is 18.2 Å². The molecule has 182 valence electrons. The van der Waals surface area contributed by atoms with E-state index in [2.05, 4.69) is 15.3 Å². The second kappa shape index (κ2) is 10.4. The molecule has 0 aliphatic carbocycles. The normalized spacial score (nSPS) is 16.7. The number of aliphatic hydroxyl groups is 1. The molecule has 2 N–H and O–H groups in total. The molecule has 1 aromatic heterocycles. The summed E-state index contributed by atoms with van der Waals surface area (Å²) in [6, 6.07) is 6.70. The lowest BCUT2D eigenvalue weighted by atomic mass is 10.0. The summed E-state index contributed by atoms with van der Waals surface area (Å²) in [5.74, 6) is 0.761. The molecule has 2 aromatic carbocycles. The van der Waals surface area contributed by atoms with Gasteiger partial charge in [-0.25, -0.2) is 23.1 Å². The zero-order valence-electron chi connectivity index (χ0n) is 18.9. The van der Waals surface area contributed by atoms with Crippen LogP contribution in [0.1, 0.15) is 42.8 Å². The largest absolute Gasteiger partial charge is 0.487 e. The minimum absolute atomic E-state index is 0.0784. The van der Waals surface area contributed by atoms with Crippen molar-refractivity contribution in [2.24, 2.45) is 0 Å². The first-order valence-corrected chi connectivity index (χ1v) is 11.0. The number of alkyl halides is 2. The van der Waals surface area contributed by atoms with E-state index in [4.69, 9.17) is 14.2 Å². The van der Waals surface area contributed by atoms with Crippen LogP contribution in [-0.4, -0.2) is 47.6 Å². The second-order valence-electron chi connectivity index (χ2n) is 8.03. The number of hydrogen-bond acceptors (Lipinski definition) is 7. The Hall–Kier alpha value is -3.11. The van der Waals surface area contributed by atoms with Crippen LogP contribution in [0.5, 0.6) is 11.5 Å². The van der Waals surface area contributed by atoms with Gasteiger partial charge < -0.3 is 24.6 Å². The number of aryl methyl sites for hydroxylation is 1. The Kier molecular flexibility index (Phi) is 7.38. The Labute approximate surface area is 194 Å². The van der Waals surface area contributed by atoms with E-state index in [0.29, 0.717) is 47.3 Å². The fraction of sp³-hybridized carbons (Fsp3) is 0.417. The molecule has 1 saturated heterocycles. The highest BCUT2D eigenvalue weighted by Crippen LogP contribution is 2.37. The first-order valence-electron chi connectivity index (χ1n) is 11.0. The number of ether oxygens (including phenoxy) is 3. The van der Waals surface area contributed by atoms with Gasteiger partial charge in [0.05, 0.1) is 36.9 Å². The standard InChI is InChI=1S/C24H26F3N3O4/c1-13(16-4-3-5-17(22(16)25)23(26)27)28-24-18-10-21(34-15-6-8-32-12-15)20(33-9-7-31)11-19(18)29-14(2)30-24/h3-5,10-11,13,15,23,31H,6-9,12H2,1-2H3,(H,28,29,30)/t13-,15+/m1/s1. The summed E-state index contributed by atoms with van der Waals surface area (Å²) in [6.07, 6.45) is -2.34. The van der Waals surface area contributed by atoms with Crippen molar-refractivity contribution in [2.45, 2.75) is 38.8 Å². The summed E-state index contributed by atoms with van der Waals surface area (Å²) in [4.78, 5) is 8.93. The molecule has 0 amide bonds. The molecule has 0 saturated carbocycles. The molecule has 0 spiro atoms. The van der Waals surface area contributed by atoms with Crippen LogP contribution in [0.3, 0.4) is 0 Å². The van der Waals surface area contributed by atoms with Crippen molar-refractivity contribution in [3.05, 3.63) is 53.1 Å². The maximum Gasteiger partial charge on any atom is 0.266 e. The van der Waals surface area contributed by atoms with Crippen LogP contribution >= 0.6 is 0 Å². The fourth-order valence-corrected chi connectivity index (χ4v) is 3.86. The lowest BCUT2D eigenvalue weighted by Crippen LogP contribution is -2.17. The third-order valence-electron chi connectivity index (χ3n) is 5.52. The predicted molar refractivity (Wildman–Crippen MR) is 120 cm³/mol. The predicted octanol–water partition coefficient (Wildman–Crippen LogP) is 4.73. The van der Waals surface area contributed by atoms with E-state index in [1.165, 1.54) is 12.1 Å². The molecule has 0 radical (unpaired) electrons. The smallest absolute Gasteiger partial charge is 0.266 e. The van der Waals surface area contributed by atoms with Gasteiger partial charge >= 0.3 is 0 Å². The molecule has 2 atom stereocenters. The Morgan fingerprint density at radius 1 is 1.21 bits per heavy atom. The number of hydrogen-bond donors (Lipinski definition) is 2. The molecule has 7 nitrogen and oxygen atoms in total. The first-order chi connectivity index (χ1) is 16.4. The third kappa shape index (κ3) is 5.18. The van der Waals surface area contributed by atoms with E-state index < -0.39 is 23.8 Å². The highest BCUT2D eigenvalue weighted by molar-refractivity contribution is 5.92. The van der Waals surface area contributed by atoms with Gasteiger partial charge in [0.2, 0.25) is 0 Å². The topological polar surface area (TPSA) is 85.7 Å². The minimum atomic E-state index is -2.91. The lowest BCUT2D eigenvalue weighted by molar-refractivity contribution is 0.135. The van der Waals surface area contributed by atoms with Gasteiger partial charge in [0.15, 0.2) is 11.5 Å². The quantitative estimate of drug-likeness (QED) is 0.461. The third-order valence-corrected chi connectivity index (χ3v) is 5.52. The van der Waals surface area contributed by atoms with Gasteiger partial charge in [0.1, 0.15) is 30.2 Å². The van der Waals surface area contributed by atoms with Crippen molar-refractivity contribution in [3.8, 4) is 11.5 Å². The number of benzene rings is 2. The molecule has 1 fully saturated rings. The molecule has 10 heteroatoms. The van der Waals surface area contributed by atoms with Gasteiger partial charge in [-0.2, -0.15) is 0 Å². The SMILES string of the molecule is Cc1nc(N[C@H](C)c2cccc(C(F)F)c2F)c2cc(O[C@H]3CCOC3)c(OCCO)cc2n1. The number of anilines is 1. The van der Waals surface area contributed by atoms with Gasteiger partial charge in [-0.05, 0) is 19.9 Å². The van der Waals surface area contributed by atoms with Gasteiger partial charge in [-0.15, -0.1) is 0 Å². The summed E-state index contributed by atoms with van der Waals surface area (Å²) >= 11 is 0. The van der Waals surface area contributed by atoms with Crippen LogP contribution in [0.2, 0.25) is 0 Å². The Bertz CT molecular complexity index is 1160. The van der Waals surface area contributed by atoms with E-state index in [-0.39, 0.29) is 24.9 Å². The van der Waals surface area contributed by atoms with Gasteiger partial charge in [0, 0.05) is 23.4 Å². The number of fused-ring (bicyclic) bond motifs is 1. The summed E-state index contributed by atoms with van der Waals surface area (Å²) in [5, 5.41) is 12.9. The number of nitrogens with zero attached hydrogens (tertiary/aromatic N) is 2. The summed E-state index contributed by atoms with van der Waals surface area (Å²) in [5.41, 5.74) is 0.00618. The van der Waals surface area contributed by atoms with Crippen LogP contribution in [0.15, 0.2) is 30.3 Å². The molecule has 3 aromatic rings. The highest BCUT2D eigenvalue weighted by Gasteiger charge is 2.23. The van der Waals surface area contributed by atoms with E-state index in [1.807, 2.05) is 0 Å². The van der Waals surface area contributed by atoms with Crippen molar-refractivity contribution >= 4 is 16.7 Å². The van der Waals surface area contributed by atoms with E-state index in [9.17, 15) is 18.3 Å². The molecular formula is C24H26F3N3O4. The summed E-state index contributed by atoms with van der Waals surface area (Å²) < 4.78 is 58.2. The summed E-state index contributed by atoms with van der Waals surface area (Å²) in [6.45, 7) is 4.34. The zero-order chi connectivity index (χ0) is 24.2. The minimum Gasteiger partial charge on any atom is -0.487 e. The number of rotatable bonds is 9. The molecular weight excluding hydrogens is 451 g/mol. The van der Waals surface area contributed by atoms with Gasteiger partial charge in [0.25, 0.3) is 6.43 Å². The van der Waals surface area contributed by atoms with Crippen molar-refractivity contribution in [1.29, 1.82) is 0 Å². The summed E-state index contributed by atoms with van der Waals surface area (Å²) in [7, 11) is 0. The molecule has 1 aliphatic rings. The van der Waals surface area contributed by atoms with Crippen LogP contribution in [-0.2, 0) is 4.74 Å². The number of aromatic nitrogens is 2. The molecule has 0 bridgehead atoms. The number of nitrogens with one attached hydrogen (secondary N) is 1. The first kappa shape index (κ1) is 24.0. The molecule has 4 rings (SSSR count). The average molecular weight is 477 g/mol. The maximum atomic E-state index is 14.7. The van der Waals surface area contributed by atoms with E-state index >= 15 is 0 Å². The second-order valence-corrected chi connectivity index (χ2v) is 8.03. The van der Waals surface area contributed by atoms with Crippen LogP contribution in [0.25, 0.3) is 10.9 Å². The Morgan fingerprint density at radius 3 is 2.71 bits per heavy atom. The van der Waals surface area contributed by atoms with Gasteiger partial charge in [-0.3, -0.25) is 0 Å². The zero-order valence-corrected chi connectivity index (χ0v) is 18.9. The van der Waals surface area contributed by atoms with Crippen molar-refractivity contribution in [2.75, 3.05) is 31.7 Å². The Morgan fingerprint density at radius 2 is 2.00 bits per heavy atom. The Balaban J connectivity index is 1.72. The molecule has 0 unspecified atom stereocenters. The number of halogens is 3. The monoisotopic (exact) mass is 477 g/mol.